The van der Waals surface area contributed by atoms with Gasteiger partial charge < -0.3 is 10.5 Å². The van der Waals surface area contributed by atoms with Crippen molar-refractivity contribution < 1.29 is 48.6 Å². The fourth-order valence-corrected chi connectivity index (χ4v) is 1.91. The lowest BCUT2D eigenvalue weighted by Crippen LogP contribution is -2.18. The second kappa shape index (κ2) is 6.25. The van der Waals surface area contributed by atoms with E-state index in [0.717, 1.165) is 0 Å². The quantitative estimate of drug-likeness (QED) is 0.528. The van der Waals surface area contributed by atoms with Crippen LogP contribution >= 0.6 is 0 Å². The van der Waals surface area contributed by atoms with Gasteiger partial charge in [0.05, 0.1) is 11.3 Å². The van der Waals surface area contributed by atoms with Gasteiger partial charge in [-0.1, -0.05) is 0 Å². The third kappa shape index (κ3) is 3.48. The first kappa shape index (κ1) is 19.7. The smallest absolute Gasteiger partial charge is 0.422 e. The summed E-state index contributed by atoms with van der Waals surface area (Å²) in [7, 11) is 0. The minimum atomic E-state index is -5.88. The molecule has 2 aromatic rings. The van der Waals surface area contributed by atoms with Crippen molar-refractivity contribution in [3.63, 3.8) is 0 Å². The van der Waals surface area contributed by atoms with E-state index in [1.165, 1.54) is 0 Å². The van der Waals surface area contributed by atoms with Crippen LogP contribution in [0.1, 0.15) is 11.1 Å². The fraction of sp³-hybridized carbons (Fsp3) is 0.143. The molecule has 0 radical (unpaired) electrons. The first-order chi connectivity index (χ1) is 11.7. The van der Waals surface area contributed by atoms with E-state index in [4.69, 9.17) is 5.73 Å². The number of nitrogen functional groups attached to an aromatic ring is 1. The van der Waals surface area contributed by atoms with Crippen molar-refractivity contribution in [1.29, 1.82) is 0 Å². The average Bonchev–Trinajstić information content (AvgIpc) is 2.48. The van der Waals surface area contributed by atoms with E-state index in [9.17, 15) is 43.9 Å². The molecule has 0 atom stereocenters. The highest BCUT2D eigenvalue weighted by molar-refractivity contribution is 5.50. The number of ether oxygens (including phenoxy) is 1. The van der Waals surface area contributed by atoms with Gasteiger partial charge in [0.1, 0.15) is 5.56 Å². The average molecular weight is 393 g/mol. The van der Waals surface area contributed by atoms with E-state index in [1.807, 2.05) is 0 Å². The van der Waals surface area contributed by atoms with Crippen molar-refractivity contribution in [2.45, 2.75) is 12.4 Å². The number of nitrogens with two attached hydrogens (primary N) is 1. The molecule has 2 N–H and O–H groups in total. The predicted octanol–water partition coefficient (Wildman–Crippen LogP) is 5.66. The largest absolute Gasteiger partial charge is 0.447 e. The zero-order chi connectivity index (χ0) is 20.0. The maximum Gasteiger partial charge on any atom is 0.422 e. The Morgan fingerprint density at radius 3 is 1.81 bits per heavy atom. The van der Waals surface area contributed by atoms with Crippen molar-refractivity contribution in [2.75, 3.05) is 5.73 Å². The van der Waals surface area contributed by atoms with Crippen LogP contribution in [0, 0.1) is 23.3 Å². The van der Waals surface area contributed by atoms with Crippen LogP contribution in [0.4, 0.5) is 49.6 Å². The van der Waals surface area contributed by atoms with E-state index in [1.54, 1.807) is 0 Å². The van der Waals surface area contributed by atoms with Crippen LogP contribution in [-0.4, -0.2) is 0 Å². The highest BCUT2D eigenvalue weighted by Gasteiger charge is 2.46. The molecule has 142 valence electrons. The van der Waals surface area contributed by atoms with Crippen LogP contribution in [0.5, 0.6) is 11.5 Å². The highest BCUT2D eigenvalue weighted by Crippen LogP contribution is 2.46. The Bertz CT molecular complexity index is 857. The molecule has 0 aliphatic heterocycles. The van der Waals surface area contributed by atoms with E-state index in [-0.39, 0.29) is 0 Å². The topological polar surface area (TPSA) is 35.2 Å². The summed E-state index contributed by atoms with van der Waals surface area (Å²) in [6, 6.07) is 0.479. The lowest BCUT2D eigenvalue weighted by Gasteiger charge is -2.19. The SMILES string of the molecule is Nc1ccc(F)c(Oc2c(F)cc(C(F)(F)F)c(F)c2C(F)(F)F)c1F. The number of hydrogen-bond acceptors (Lipinski definition) is 2. The minimum Gasteiger partial charge on any atom is -0.447 e. The lowest BCUT2D eigenvalue weighted by atomic mass is 10.1. The molecule has 0 unspecified atom stereocenters. The molecule has 0 fully saturated rings. The predicted molar refractivity (Wildman–Crippen MR) is 67.2 cm³/mol. The summed E-state index contributed by atoms with van der Waals surface area (Å²) in [5, 5.41) is 0. The van der Waals surface area contributed by atoms with Gasteiger partial charge in [0.25, 0.3) is 0 Å². The Labute approximate surface area is 137 Å². The van der Waals surface area contributed by atoms with Gasteiger partial charge in [-0.05, 0) is 18.2 Å². The minimum absolute atomic E-state index is 0.444. The van der Waals surface area contributed by atoms with Gasteiger partial charge in [-0.15, -0.1) is 0 Å². The number of anilines is 1. The Kier molecular flexibility index (Phi) is 4.73. The second-order valence-electron chi connectivity index (χ2n) is 4.80. The molecular weight excluding hydrogens is 388 g/mol. The van der Waals surface area contributed by atoms with Crippen molar-refractivity contribution >= 4 is 5.69 Å². The molecule has 0 aromatic heterocycles. The summed E-state index contributed by atoms with van der Waals surface area (Å²) >= 11 is 0. The molecule has 26 heavy (non-hydrogen) atoms. The summed E-state index contributed by atoms with van der Waals surface area (Å²) in [6.07, 6.45) is -11.5. The van der Waals surface area contributed by atoms with Gasteiger partial charge >= 0.3 is 12.4 Å². The summed E-state index contributed by atoms with van der Waals surface area (Å²) in [5.74, 6) is -12.5. The fourth-order valence-electron chi connectivity index (χ4n) is 1.91. The number of benzene rings is 2. The number of halogens is 10. The van der Waals surface area contributed by atoms with Gasteiger partial charge in [0.2, 0.25) is 5.75 Å². The van der Waals surface area contributed by atoms with Gasteiger partial charge in [0, 0.05) is 0 Å². The van der Waals surface area contributed by atoms with Crippen LogP contribution in [0.25, 0.3) is 0 Å². The van der Waals surface area contributed by atoms with Crippen molar-refractivity contribution in [3.05, 3.63) is 52.6 Å². The van der Waals surface area contributed by atoms with E-state index >= 15 is 0 Å². The molecule has 12 heteroatoms. The third-order valence-electron chi connectivity index (χ3n) is 3.04. The molecule has 0 spiro atoms. The number of alkyl halides is 6. The lowest BCUT2D eigenvalue weighted by molar-refractivity contribution is -0.148. The van der Waals surface area contributed by atoms with Crippen LogP contribution in [0.3, 0.4) is 0 Å². The second-order valence-corrected chi connectivity index (χ2v) is 4.80. The summed E-state index contributed by atoms with van der Waals surface area (Å²) in [4.78, 5) is 0. The molecule has 0 heterocycles. The highest BCUT2D eigenvalue weighted by atomic mass is 19.4. The maximum atomic E-state index is 13.8. The van der Waals surface area contributed by atoms with Crippen LogP contribution in [0.15, 0.2) is 18.2 Å². The monoisotopic (exact) mass is 393 g/mol. The summed E-state index contributed by atoms with van der Waals surface area (Å²) in [5.41, 5.74) is -1.14. The molecular formula is C14H5F10NO. The van der Waals surface area contributed by atoms with Crippen molar-refractivity contribution in [1.82, 2.24) is 0 Å². The van der Waals surface area contributed by atoms with E-state index in [0.29, 0.717) is 12.1 Å². The van der Waals surface area contributed by atoms with Crippen molar-refractivity contribution in [3.8, 4) is 11.5 Å². The third-order valence-corrected chi connectivity index (χ3v) is 3.04. The van der Waals surface area contributed by atoms with E-state index < -0.39 is 70.0 Å². The zero-order valence-electron chi connectivity index (χ0n) is 12.0. The van der Waals surface area contributed by atoms with Gasteiger partial charge in [0.15, 0.2) is 29.0 Å². The normalized spacial score (nSPS) is 12.4. The number of hydrogen-bond donors (Lipinski definition) is 1. The Morgan fingerprint density at radius 2 is 1.31 bits per heavy atom. The summed E-state index contributed by atoms with van der Waals surface area (Å²) in [6.45, 7) is 0. The van der Waals surface area contributed by atoms with Gasteiger partial charge in [-0.3, -0.25) is 0 Å². The molecule has 0 bridgehead atoms. The van der Waals surface area contributed by atoms with Crippen LogP contribution in [0.2, 0.25) is 0 Å². The first-order valence-electron chi connectivity index (χ1n) is 6.32. The molecule has 0 saturated heterocycles. The molecule has 2 aromatic carbocycles. The zero-order valence-corrected chi connectivity index (χ0v) is 12.0. The van der Waals surface area contributed by atoms with E-state index in [2.05, 4.69) is 4.74 Å². The molecule has 0 aliphatic carbocycles. The van der Waals surface area contributed by atoms with Crippen LogP contribution in [-0.2, 0) is 12.4 Å². The standard InChI is InChI=1S/C14H5F10NO/c15-5-1-2-7(25)10(18)12(5)26-11-6(16)3-4(13(19,20)21)9(17)8(11)14(22,23)24/h1-3H,25H2. The molecule has 2 nitrogen and oxygen atoms in total. The number of rotatable bonds is 2. The Hall–Kier alpha value is -2.66. The first-order valence-corrected chi connectivity index (χ1v) is 6.32. The molecule has 0 aliphatic rings. The maximum absolute atomic E-state index is 13.8. The Morgan fingerprint density at radius 1 is 0.731 bits per heavy atom. The van der Waals surface area contributed by atoms with Gasteiger partial charge in [-0.25, -0.2) is 17.6 Å². The van der Waals surface area contributed by atoms with Gasteiger partial charge in [-0.2, -0.15) is 26.3 Å². The molecule has 0 amide bonds. The summed E-state index contributed by atoms with van der Waals surface area (Å²) < 4.78 is 136. The Balaban J connectivity index is 2.78. The molecule has 2 rings (SSSR count). The van der Waals surface area contributed by atoms with Crippen molar-refractivity contribution in [2.24, 2.45) is 0 Å². The molecule has 0 saturated carbocycles. The van der Waals surface area contributed by atoms with Crippen LogP contribution < -0.4 is 10.5 Å².